The Kier molecular flexibility index (Phi) is 4.74. The number of carbonyl (C=O) groups excluding carboxylic acids is 1. The van der Waals surface area contributed by atoms with Crippen LogP contribution in [0.3, 0.4) is 0 Å². The molecule has 0 saturated carbocycles. The zero-order valence-electron chi connectivity index (χ0n) is 14.5. The summed E-state index contributed by atoms with van der Waals surface area (Å²) in [4.78, 5) is 16.2. The lowest BCUT2D eigenvalue weighted by Gasteiger charge is -2.19. The van der Waals surface area contributed by atoms with Gasteiger partial charge in [-0.05, 0) is 54.0 Å². The number of carbonyl (C=O) groups is 1. The van der Waals surface area contributed by atoms with Gasteiger partial charge in [0.2, 0.25) is 0 Å². The number of hydrogen-bond acceptors (Lipinski definition) is 4. The van der Waals surface area contributed by atoms with E-state index in [9.17, 15) is 13.2 Å². The summed E-state index contributed by atoms with van der Waals surface area (Å²) in [6, 6.07) is 8.54. The lowest BCUT2D eigenvalue weighted by molar-refractivity contribution is 0.0949. The topological polar surface area (TPSA) is 75.3 Å². The van der Waals surface area contributed by atoms with E-state index in [0.717, 1.165) is 24.8 Å². The number of thiophene rings is 1. The van der Waals surface area contributed by atoms with Crippen LogP contribution in [0.15, 0.2) is 35.2 Å². The Morgan fingerprint density at radius 2 is 1.80 bits per heavy atom. The van der Waals surface area contributed by atoms with Crippen LogP contribution in [0.4, 0.5) is 0 Å². The van der Waals surface area contributed by atoms with E-state index in [2.05, 4.69) is 31.0 Å². The van der Waals surface area contributed by atoms with Gasteiger partial charge in [0.1, 0.15) is 0 Å². The Hall–Kier alpha value is -1.70. The number of fused-ring (bicyclic) bond motifs is 1. The largest absolute Gasteiger partial charge is 0.276 e. The molecule has 1 aliphatic carbocycles. The molecule has 0 atom stereocenters. The van der Waals surface area contributed by atoms with Gasteiger partial charge in [0, 0.05) is 4.88 Å². The molecule has 134 valence electrons. The minimum Gasteiger partial charge on any atom is -0.273 e. The summed E-state index contributed by atoms with van der Waals surface area (Å²) in [5.41, 5.74) is 4.50. The summed E-state index contributed by atoms with van der Waals surface area (Å²) in [6.07, 6.45) is 3.12. The molecule has 7 heteroatoms. The van der Waals surface area contributed by atoms with Gasteiger partial charge in [0.25, 0.3) is 15.9 Å². The Bertz CT molecular complexity index is 870. The van der Waals surface area contributed by atoms with E-state index in [1.807, 2.05) is 6.07 Å². The van der Waals surface area contributed by atoms with Crippen molar-refractivity contribution in [1.29, 1.82) is 0 Å². The molecule has 1 aliphatic rings. The maximum absolute atomic E-state index is 12.3. The van der Waals surface area contributed by atoms with Crippen molar-refractivity contribution in [3.8, 4) is 0 Å². The van der Waals surface area contributed by atoms with Crippen LogP contribution < -0.4 is 10.3 Å². The quantitative estimate of drug-likeness (QED) is 0.803. The predicted molar refractivity (Wildman–Crippen MR) is 99.3 cm³/mol. The van der Waals surface area contributed by atoms with Crippen LogP contribution in [0, 0.1) is 0 Å². The molecule has 2 N–H and O–H groups in total. The molecule has 1 aromatic heterocycles. The maximum Gasteiger partial charge on any atom is 0.276 e. The first-order chi connectivity index (χ1) is 11.7. The fourth-order valence-corrected chi connectivity index (χ4v) is 4.80. The molecule has 0 fully saturated rings. The van der Waals surface area contributed by atoms with Crippen LogP contribution in [0.25, 0.3) is 0 Å². The van der Waals surface area contributed by atoms with Crippen molar-refractivity contribution in [3.63, 3.8) is 0 Å². The molecule has 1 aromatic carbocycles. The highest BCUT2D eigenvalue weighted by molar-refractivity contribution is 7.89. The maximum atomic E-state index is 12.3. The molecule has 0 aliphatic heterocycles. The van der Waals surface area contributed by atoms with Crippen molar-refractivity contribution >= 4 is 27.3 Å². The van der Waals surface area contributed by atoms with E-state index in [1.165, 1.54) is 21.8 Å². The number of rotatable bonds is 4. The molecule has 1 heterocycles. The van der Waals surface area contributed by atoms with Gasteiger partial charge in [-0.15, -0.1) is 16.2 Å². The first-order valence-corrected chi connectivity index (χ1v) is 10.5. The number of amides is 1. The molecule has 0 bridgehead atoms. The normalized spacial score (nSPS) is 14.4. The molecule has 2 aromatic rings. The SMILES string of the molecule is CC(C)(C)c1ccc(S(=O)(=O)NNC(=O)c2cc3c(s2)CCC3)cc1. The molecule has 0 unspecified atom stereocenters. The van der Waals surface area contributed by atoms with Gasteiger partial charge in [-0.2, -0.15) is 0 Å². The van der Waals surface area contributed by atoms with Crippen LogP contribution in [0.2, 0.25) is 0 Å². The number of sulfonamides is 1. The first-order valence-electron chi connectivity index (χ1n) is 8.21. The number of hydrogen-bond donors (Lipinski definition) is 2. The van der Waals surface area contributed by atoms with Crippen molar-refractivity contribution in [2.24, 2.45) is 0 Å². The number of nitrogens with one attached hydrogen (secondary N) is 2. The van der Waals surface area contributed by atoms with Crippen molar-refractivity contribution in [1.82, 2.24) is 10.3 Å². The molecule has 0 radical (unpaired) electrons. The van der Waals surface area contributed by atoms with Gasteiger partial charge in [0.05, 0.1) is 9.77 Å². The number of aryl methyl sites for hydroxylation is 2. The van der Waals surface area contributed by atoms with E-state index in [4.69, 9.17) is 0 Å². The monoisotopic (exact) mass is 378 g/mol. The van der Waals surface area contributed by atoms with E-state index >= 15 is 0 Å². The molecule has 25 heavy (non-hydrogen) atoms. The minimum absolute atomic E-state index is 0.0521. The second kappa shape index (κ2) is 6.55. The van der Waals surface area contributed by atoms with E-state index in [0.29, 0.717) is 4.88 Å². The van der Waals surface area contributed by atoms with Crippen LogP contribution in [0.5, 0.6) is 0 Å². The standard InChI is InChI=1S/C18H22N2O3S2/c1-18(2,3)13-7-9-14(10-8-13)25(22,23)20-19-17(21)16-11-12-5-4-6-15(12)24-16/h7-11,20H,4-6H2,1-3H3,(H,19,21). The summed E-state index contributed by atoms with van der Waals surface area (Å²) in [6.45, 7) is 6.19. The van der Waals surface area contributed by atoms with E-state index in [-0.39, 0.29) is 10.3 Å². The fourth-order valence-electron chi connectivity index (χ4n) is 2.81. The second-order valence-corrected chi connectivity index (χ2v) is 10.1. The lowest BCUT2D eigenvalue weighted by Crippen LogP contribution is -2.41. The van der Waals surface area contributed by atoms with Gasteiger partial charge < -0.3 is 0 Å². The van der Waals surface area contributed by atoms with Crippen LogP contribution in [-0.2, 0) is 28.3 Å². The van der Waals surface area contributed by atoms with Crippen LogP contribution in [-0.4, -0.2) is 14.3 Å². The van der Waals surface area contributed by atoms with Gasteiger partial charge in [-0.1, -0.05) is 32.9 Å². The Morgan fingerprint density at radius 1 is 1.12 bits per heavy atom. The van der Waals surface area contributed by atoms with Gasteiger partial charge in [0.15, 0.2) is 0 Å². The molecule has 5 nitrogen and oxygen atoms in total. The second-order valence-electron chi connectivity index (χ2n) is 7.25. The Morgan fingerprint density at radius 3 is 2.40 bits per heavy atom. The van der Waals surface area contributed by atoms with Crippen molar-refractivity contribution in [2.45, 2.75) is 50.3 Å². The molecule has 0 spiro atoms. The summed E-state index contributed by atoms with van der Waals surface area (Å²) >= 11 is 1.43. The fraction of sp³-hybridized carbons (Fsp3) is 0.389. The first kappa shape index (κ1) is 18.1. The highest BCUT2D eigenvalue weighted by Gasteiger charge is 2.21. The average molecular weight is 379 g/mol. The third-order valence-electron chi connectivity index (χ3n) is 4.30. The Balaban J connectivity index is 1.67. The van der Waals surface area contributed by atoms with Crippen LogP contribution in [0.1, 0.15) is 52.9 Å². The third kappa shape index (κ3) is 3.94. The summed E-state index contributed by atoms with van der Waals surface area (Å²) in [5.74, 6) is -0.422. The highest BCUT2D eigenvalue weighted by atomic mass is 32.2. The van der Waals surface area contributed by atoms with Crippen molar-refractivity contribution in [2.75, 3.05) is 0 Å². The van der Waals surface area contributed by atoms with Crippen molar-refractivity contribution in [3.05, 3.63) is 51.2 Å². The molecule has 0 saturated heterocycles. The van der Waals surface area contributed by atoms with Crippen LogP contribution >= 0.6 is 11.3 Å². The average Bonchev–Trinajstić information content (AvgIpc) is 3.13. The van der Waals surface area contributed by atoms with Gasteiger partial charge >= 0.3 is 0 Å². The summed E-state index contributed by atoms with van der Waals surface area (Å²) in [7, 11) is -3.80. The number of benzene rings is 1. The lowest BCUT2D eigenvalue weighted by atomic mass is 9.87. The van der Waals surface area contributed by atoms with Gasteiger partial charge in [-0.25, -0.2) is 8.42 Å². The molecule has 3 rings (SSSR count). The Labute approximate surface area is 152 Å². The summed E-state index contributed by atoms with van der Waals surface area (Å²) in [5, 5.41) is 0. The minimum atomic E-state index is -3.80. The highest BCUT2D eigenvalue weighted by Crippen LogP contribution is 2.30. The smallest absolute Gasteiger partial charge is 0.273 e. The number of hydrazine groups is 1. The van der Waals surface area contributed by atoms with E-state index in [1.54, 1.807) is 24.3 Å². The zero-order chi connectivity index (χ0) is 18.2. The summed E-state index contributed by atoms with van der Waals surface area (Å²) < 4.78 is 24.7. The molecular formula is C18H22N2O3S2. The predicted octanol–water partition coefficient (Wildman–Crippen LogP) is 3.16. The molecular weight excluding hydrogens is 356 g/mol. The van der Waals surface area contributed by atoms with Gasteiger partial charge in [-0.3, -0.25) is 10.2 Å². The third-order valence-corrected chi connectivity index (χ3v) is 6.80. The van der Waals surface area contributed by atoms with E-state index < -0.39 is 15.9 Å². The molecule has 1 amide bonds. The van der Waals surface area contributed by atoms with Crippen molar-refractivity contribution < 1.29 is 13.2 Å². The zero-order valence-corrected chi connectivity index (χ0v) is 16.2.